The van der Waals surface area contributed by atoms with Gasteiger partial charge in [0, 0.05) is 6.54 Å². The van der Waals surface area contributed by atoms with Gasteiger partial charge in [-0.25, -0.2) is 4.79 Å². The molecule has 1 amide bonds. The molecule has 5 heteroatoms. The Morgan fingerprint density at radius 2 is 1.87 bits per heavy atom. The van der Waals surface area contributed by atoms with Gasteiger partial charge in [-0.15, -0.1) is 0 Å². The van der Waals surface area contributed by atoms with Crippen molar-refractivity contribution in [2.75, 3.05) is 6.54 Å². The van der Waals surface area contributed by atoms with Crippen LogP contribution in [0.15, 0.2) is 41.1 Å². The van der Waals surface area contributed by atoms with Gasteiger partial charge in [0.1, 0.15) is 18.0 Å². The highest BCUT2D eigenvalue weighted by molar-refractivity contribution is 6.29. The van der Waals surface area contributed by atoms with Crippen LogP contribution in [0, 0.1) is 0 Å². The van der Waals surface area contributed by atoms with Gasteiger partial charge in [0.05, 0.1) is 5.03 Å². The molecule has 0 saturated carbocycles. The first-order valence-corrected chi connectivity index (χ1v) is 8.14. The van der Waals surface area contributed by atoms with E-state index in [0.717, 1.165) is 12.0 Å². The van der Waals surface area contributed by atoms with Gasteiger partial charge < -0.3 is 14.8 Å². The third-order valence-corrected chi connectivity index (χ3v) is 3.38. The minimum absolute atomic E-state index is 0.408. The molecule has 1 aromatic rings. The summed E-state index contributed by atoms with van der Waals surface area (Å²) in [4.78, 5) is 11.5. The summed E-state index contributed by atoms with van der Waals surface area (Å²) < 4.78 is 10.8. The fourth-order valence-corrected chi connectivity index (χ4v) is 1.96. The van der Waals surface area contributed by atoms with Gasteiger partial charge in [-0.2, -0.15) is 0 Å². The fourth-order valence-electron chi connectivity index (χ4n) is 1.77. The molecule has 0 unspecified atom stereocenters. The molecule has 0 fully saturated rings. The van der Waals surface area contributed by atoms with Crippen molar-refractivity contribution in [3.63, 3.8) is 0 Å². The van der Waals surface area contributed by atoms with E-state index in [0.29, 0.717) is 30.4 Å². The average Bonchev–Trinajstić information content (AvgIpc) is 2.48. The lowest BCUT2D eigenvalue weighted by Crippen LogP contribution is -2.33. The SMILES string of the molecule is C/C(OCc1ccccc1)=C(/Cl)CCCNC(=O)OC(C)(C)C. The summed E-state index contributed by atoms with van der Waals surface area (Å²) in [6.45, 7) is 8.36. The summed E-state index contributed by atoms with van der Waals surface area (Å²) in [5.74, 6) is 0.716. The maximum absolute atomic E-state index is 11.5. The fraction of sp³-hybridized carbons (Fsp3) is 0.500. The number of alkyl carbamates (subject to hydrolysis) is 1. The van der Waals surface area contributed by atoms with E-state index in [2.05, 4.69) is 5.32 Å². The van der Waals surface area contributed by atoms with E-state index in [-0.39, 0.29) is 0 Å². The molecule has 128 valence electrons. The Bertz CT molecular complexity index is 521. The molecule has 1 N–H and O–H groups in total. The number of ether oxygens (including phenoxy) is 2. The molecular formula is C18H26ClNO3. The van der Waals surface area contributed by atoms with E-state index in [1.54, 1.807) is 0 Å². The summed E-state index contributed by atoms with van der Waals surface area (Å²) in [7, 11) is 0. The van der Waals surface area contributed by atoms with E-state index in [1.807, 2.05) is 58.0 Å². The number of carbonyl (C=O) groups is 1. The van der Waals surface area contributed by atoms with E-state index >= 15 is 0 Å². The molecule has 0 heterocycles. The Morgan fingerprint density at radius 3 is 2.48 bits per heavy atom. The maximum Gasteiger partial charge on any atom is 0.407 e. The van der Waals surface area contributed by atoms with E-state index in [1.165, 1.54) is 0 Å². The molecule has 4 nitrogen and oxygen atoms in total. The first-order chi connectivity index (χ1) is 10.8. The van der Waals surface area contributed by atoms with Gasteiger partial charge in [-0.1, -0.05) is 41.9 Å². The molecule has 0 bridgehead atoms. The van der Waals surface area contributed by atoms with Crippen molar-refractivity contribution in [2.24, 2.45) is 0 Å². The zero-order valence-electron chi connectivity index (χ0n) is 14.3. The van der Waals surface area contributed by atoms with Crippen LogP contribution in [0.25, 0.3) is 0 Å². The Kier molecular flexibility index (Phi) is 7.96. The summed E-state index contributed by atoms with van der Waals surface area (Å²) >= 11 is 6.23. The zero-order valence-corrected chi connectivity index (χ0v) is 15.1. The van der Waals surface area contributed by atoms with Crippen molar-refractivity contribution in [3.8, 4) is 0 Å². The molecule has 0 aliphatic heterocycles. The highest BCUT2D eigenvalue weighted by Gasteiger charge is 2.15. The predicted molar refractivity (Wildman–Crippen MR) is 93.3 cm³/mol. The molecule has 0 spiro atoms. The van der Waals surface area contributed by atoms with Crippen molar-refractivity contribution >= 4 is 17.7 Å². The minimum Gasteiger partial charge on any atom is -0.492 e. The summed E-state index contributed by atoms with van der Waals surface area (Å²) in [5.41, 5.74) is 0.617. The van der Waals surface area contributed by atoms with E-state index < -0.39 is 11.7 Å². The minimum atomic E-state index is -0.483. The molecule has 1 aromatic carbocycles. The number of hydrogen-bond acceptors (Lipinski definition) is 3. The van der Waals surface area contributed by atoms with Gasteiger partial charge in [-0.3, -0.25) is 0 Å². The maximum atomic E-state index is 11.5. The number of carbonyl (C=O) groups excluding carboxylic acids is 1. The second-order valence-corrected chi connectivity index (χ2v) is 6.72. The molecule has 0 aliphatic rings. The number of amides is 1. The largest absolute Gasteiger partial charge is 0.492 e. The Morgan fingerprint density at radius 1 is 1.22 bits per heavy atom. The molecule has 23 heavy (non-hydrogen) atoms. The first-order valence-electron chi connectivity index (χ1n) is 7.77. The van der Waals surface area contributed by atoms with Crippen LogP contribution in [0.3, 0.4) is 0 Å². The van der Waals surface area contributed by atoms with Gasteiger partial charge in [0.2, 0.25) is 0 Å². The van der Waals surface area contributed by atoms with Gasteiger partial charge in [0.15, 0.2) is 0 Å². The van der Waals surface area contributed by atoms with Crippen LogP contribution < -0.4 is 5.32 Å². The highest BCUT2D eigenvalue weighted by Crippen LogP contribution is 2.18. The highest BCUT2D eigenvalue weighted by atomic mass is 35.5. The van der Waals surface area contributed by atoms with Crippen molar-refractivity contribution < 1.29 is 14.3 Å². The Labute approximate surface area is 143 Å². The van der Waals surface area contributed by atoms with E-state index in [9.17, 15) is 4.79 Å². The van der Waals surface area contributed by atoms with Gasteiger partial charge in [-0.05, 0) is 46.1 Å². The number of halogens is 1. The monoisotopic (exact) mass is 339 g/mol. The first kappa shape index (κ1) is 19.4. The van der Waals surface area contributed by atoms with Crippen LogP contribution in [0.4, 0.5) is 4.79 Å². The second-order valence-electron chi connectivity index (χ2n) is 6.27. The molecular weight excluding hydrogens is 314 g/mol. The number of benzene rings is 1. The molecule has 0 radical (unpaired) electrons. The number of nitrogens with one attached hydrogen (secondary N) is 1. The number of rotatable bonds is 7. The normalized spacial score (nSPS) is 12.4. The van der Waals surface area contributed by atoms with Crippen molar-refractivity contribution in [3.05, 3.63) is 46.7 Å². The summed E-state index contributed by atoms with van der Waals surface area (Å²) in [6.07, 6.45) is 0.969. The van der Waals surface area contributed by atoms with Gasteiger partial charge in [0.25, 0.3) is 0 Å². The number of hydrogen-bond donors (Lipinski definition) is 1. The summed E-state index contributed by atoms with van der Waals surface area (Å²) in [5, 5.41) is 3.38. The van der Waals surface area contributed by atoms with Crippen LogP contribution >= 0.6 is 11.6 Å². The third kappa shape index (κ3) is 9.14. The van der Waals surface area contributed by atoms with Crippen molar-refractivity contribution in [1.82, 2.24) is 5.32 Å². The smallest absolute Gasteiger partial charge is 0.407 e. The molecule has 0 atom stereocenters. The predicted octanol–water partition coefficient (Wildman–Crippen LogP) is 4.98. The van der Waals surface area contributed by atoms with Crippen LogP contribution in [0.1, 0.15) is 46.1 Å². The van der Waals surface area contributed by atoms with Crippen molar-refractivity contribution in [1.29, 1.82) is 0 Å². The lowest BCUT2D eigenvalue weighted by molar-refractivity contribution is 0.0527. The van der Waals surface area contributed by atoms with Crippen LogP contribution in [0.2, 0.25) is 0 Å². The topological polar surface area (TPSA) is 47.6 Å². The quantitative estimate of drug-likeness (QED) is 0.563. The second kappa shape index (κ2) is 9.46. The molecule has 1 rings (SSSR count). The summed E-state index contributed by atoms with van der Waals surface area (Å²) in [6, 6.07) is 9.93. The molecule has 0 saturated heterocycles. The Hall–Kier alpha value is -1.68. The molecule has 0 aromatic heterocycles. The van der Waals surface area contributed by atoms with Crippen LogP contribution in [-0.2, 0) is 16.1 Å². The van der Waals surface area contributed by atoms with Crippen LogP contribution in [0.5, 0.6) is 0 Å². The van der Waals surface area contributed by atoms with Crippen LogP contribution in [-0.4, -0.2) is 18.2 Å². The standard InChI is InChI=1S/C18H26ClNO3/c1-14(22-13-15-9-6-5-7-10-15)16(19)11-8-12-20-17(21)23-18(2,3)4/h5-7,9-10H,8,11-13H2,1-4H3,(H,20,21)/b16-14-. The van der Waals surface area contributed by atoms with Gasteiger partial charge >= 0.3 is 6.09 Å². The lowest BCUT2D eigenvalue weighted by Gasteiger charge is -2.19. The zero-order chi connectivity index (χ0) is 17.3. The third-order valence-electron chi connectivity index (χ3n) is 2.92. The van der Waals surface area contributed by atoms with E-state index in [4.69, 9.17) is 21.1 Å². The van der Waals surface area contributed by atoms with Crippen molar-refractivity contribution in [2.45, 2.75) is 52.7 Å². The Balaban J connectivity index is 2.26. The average molecular weight is 340 g/mol. The lowest BCUT2D eigenvalue weighted by atomic mass is 10.2. The number of allylic oxidation sites excluding steroid dienone is 2. The molecule has 0 aliphatic carbocycles.